The van der Waals surface area contributed by atoms with Crippen LogP contribution in [0.5, 0.6) is 0 Å². The third-order valence-corrected chi connectivity index (χ3v) is 9.24. The van der Waals surface area contributed by atoms with Crippen molar-refractivity contribution in [2.75, 3.05) is 49.2 Å². The minimum atomic E-state index is -0.435. The maximum absolute atomic E-state index is 12.5. The molecule has 0 spiro atoms. The summed E-state index contributed by atoms with van der Waals surface area (Å²) in [4.78, 5) is 33.1. The van der Waals surface area contributed by atoms with Crippen LogP contribution >= 0.6 is 48.0 Å². The first-order valence-corrected chi connectivity index (χ1v) is 15.0. The number of carbonyl (C=O) groups is 2. The summed E-state index contributed by atoms with van der Waals surface area (Å²) in [6, 6.07) is -0.144. The van der Waals surface area contributed by atoms with Crippen LogP contribution in [0.25, 0.3) is 0 Å². The molecule has 0 aliphatic carbocycles. The molecule has 2 aliphatic rings. The Morgan fingerprint density at radius 3 is 1.76 bits per heavy atom. The molecule has 0 aromatic carbocycles. The Morgan fingerprint density at radius 1 is 0.788 bits per heavy atom. The van der Waals surface area contributed by atoms with Crippen molar-refractivity contribution in [1.29, 1.82) is 0 Å². The molecule has 33 heavy (non-hydrogen) atoms. The Balaban J connectivity index is 1.61. The van der Waals surface area contributed by atoms with Gasteiger partial charge < -0.3 is 14.7 Å². The molecule has 0 N–H and O–H groups in total. The molecule has 0 aromatic rings. The molecule has 0 unspecified atom stereocenters. The van der Waals surface area contributed by atoms with Gasteiger partial charge in [-0.25, -0.2) is 4.79 Å². The Hall–Kier alpha value is -0.580. The molecular weight excluding hydrogens is 493 g/mol. The van der Waals surface area contributed by atoms with E-state index in [9.17, 15) is 9.59 Å². The van der Waals surface area contributed by atoms with Crippen LogP contribution in [0.2, 0.25) is 0 Å². The largest absolute Gasteiger partial charge is 0.342 e. The zero-order valence-electron chi connectivity index (χ0n) is 21.0. The smallest absolute Gasteiger partial charge is 0.327 e. The van der Waals surface area contributed by atoms with Gasteiger partial charge >= 0.3 is 6.03 Å². The fraction of sp³-hybridized carbons (Fsp3) is 0.826. The van der Waals surface area contributed by atoms with Gasteiger partial charge in [0.05, 0.1) is 6.54 Å². The van der Waals surface area contributed by atoms with Crippen LogP contribution in [0.1, 0.15) is 60.8 Å². The van der Waals surface area contributed by atoms with Gasteiger partial charge in [-0.3, -0.25) is 9.69 Å². The Bertz CT molecular complexity index is 684. The third-order valence-electron chi connectivity index (χ3n) is 6.34. The fourth-order valence-electron chi connectivity index (χ4n) is 4.12. The monoisotopic (exact) mass is 532 g/mol. The van der Waals surface area contributed by atoms with Crippen molar-refractivity contribution in [2.24, 2.45) is 0 Å². The number of urea groups is 1. The van der Waals surface area contributed by atoms with Crippen molar-refractivity contribution < 1.29 is 9.59 Å². The number of nitrogens with zero attached hydrogens (tertiary/aromatic N) is 4. The number of hydrogen-bond donors (Lipinski definition) is 0. The molecule has 0 atom stereocenters. The fourth-order valence-corrected chi connectivity index (χ4v) is 7.80. The van der Waals surface area contributed by atoms with Crippen molar-refractivity contribution in [3.05, 3.63) is 0 Å². The van der Waals surface area contributed by atoms with Gasteiger partial charge in [-0.1, -0.05) is 12.2 Å². The van der Waals surface area contributed by atoms with E-state index < -0.39 is 5.54 Å². The van der Waals surface area contributed by atoms with Crippen LogP contribution in [-0.4, -0.2) is 102 Å². The summed E-state index contributed by atoms with van der Waals surface area (Å²) in [5.74, 6) is 4.20. The number of amides is 3. The predicted molar refractivity (Wildman–Crippen MR) is 150 cm³/mol. The first-order valence-electron chi connectivity index (χ1n) is 11.9. The van der Waals surface area contributed by atoms with Crippen molar-refractivity contribution in [1.82, 2.24) is 19.6 Å². The summed E-state index contributed by atoms with van der Waals surface area (Å²) < 4.78 is 0. The molecule has 10 heteroatoms. The van der Waals surface area contributed by atoms with E-state index in [0.717, 1.165) is 65.5 Å². The van der Waals surface area contributed by atoms with E-state index in [1.165, 1.54) is 4.90 Å². The molecule has 188 valence electrons. The topological polar surface area (TPSA) is 47.1 Å². The molecule has 0 radical (unpaired) electrons. The number of hydrogen-bond acceptors (Lipinski definition) is 6. The van der Waals surface area contributed by atoms with Crippen molar-refractivity contribution >= 4 is 70.0 Å². The summed E-state index contributed by atoms with van der Waals surface area (Å²) in [5.41, 5.74) is -0.487. The highest BCUT2D eigenvalue weighted by molar-refractivity contribution is 8.00. The second kappa shape index (κ2) is 12.4. The number of rotatable bonds is 14. The summed E-state index contributed by atoms with van der Waals surface area (Å²) in [6.07, 6.45) is 3.02. The lowest BCUT2D eigenvalue weighted by Gasteiger charge is -2.36. The van der Waals surface area contributed by atoms with E-state index >= 15 is 0 Å². The van der Waals surface area contributed by atoms with E-state index in [4.69, 9.17) is 24.4 Å². The number of imide groups is 1. The van der Waals surface area contributed by atoms with E-state index in [2.05, 4.69) is 30.6 Å². The van der Waals surface area contributed by atoms with E-state index in [1.54, 1.807) is 4.90 Å². The molecule has 3 amide bonds. The Morgan fingerprint density at radius 2 is 1.30 bits per heavy atom. The lowest BCUT2D eigenvalue weighted by Crippen LogP contribution is -2.48. The van der Waals surface area contributed by atoms with E-state index in [0.29, 0.717) is 6.54 Å². The molecule has 2 rings (SSSR count). The maximum Gasteiger partial charge on any atom is 0.327 e. The molecule has 2 aliphatic heterocycles. The molecule has 2 saturated heterocycles. The van der Waals surface area contributed by atoms with Gasteiger partial charge in [-0.15, -0.1) is 0 Å². The summed E-state index contributed by atoms with van der Waals surface area (Å²) in [7, 11) is 0. The predicted octanol–water partition coefficient (Wildman–Crippen LogP) is 4.71. The van der Waals surface area contributed by atoms with E-state index in [-0.39, 0.29) is 24.0 Å². The van der Waals surface area contributed by atoms with Crippen LogP contribution < -0.4 is 0 Å². The van der Waals surface area contributed by atoms with Gasteiger partial charge in [0, 0.05) is 24.2 Å². The number of likely N-dealkylation sites (N-methyl/N-ethyl adjacent to an activating group) is 2. The highest BCUT2D eigenvalue weighted by Crippen LogP contribution is 2.29. The first-order chi connectivity index (χ1) is 15.5. The van der Waals surface area contributed by atoms with Crippen LogP contribution in [0.3, 0.4) is 0 Å². The van der Waals surface area contributed by atoms with Gasteiger partial charge in [0.1, 0.15) is 11.5 Å². The molecule has 0 aromatic heterocycles. The number of carbonyl (C=O) groups excluding carboxylic acids is 2. The quantitative estimate of drug-likeness (QED) is 0.181. The molecule has 2 heterocycles. The first kappa shape index (κ1) is 28.7. The lowest BCUT2D eigenvalue weighted by atomic mass is 10.00. The number of thioether (sulfide) groups is 2. The average molecular weight is 533 g/mol. The van der Waals surface area contributed by atoms with Gasteiger partial charge in [0.25, 0.3) is 5.91 Å². The van der Waals surface area contributed by atoms with E-state index in [1.807, 2.05) is 44.3 Å². The molecule has 2 fully saturated rings. The zero-order valence-corrected chi connectivity index (χ0v) is 24.3. The van der Waals surface area contributed by atoms with Crippen LogP contribution in [0, 0.1) is 0 Å². The molecule has 0 saturated carbocycles. The summed E-state index contributed by atoms with van der Waals surface area (Å²) in [5, 5.41) is 0.872. The summed E-state index contributed by atoms with van der Waals surface area (Å²) in [6.45, 7) is 15.0. The minimum absolute atomic E-state index is 0.0524. The Kier molecular flexibility index (Phi) is 10.8. The van der Waals surface area contributed by atoms with Crippen molar-refractivity contribution in [2.45, 2.75) is 71.9 Å². The van der Waals surface area contributed by atoms with Crippen LogP contribution in [0.4, 0.5) is 4.79 Å². The van der Waals surface area contributed by atoms with Gasteiger partial charge in [-0.2, -0.15) is 23.5 Å². The van der Waals surface area contributed by atoms with Crippen LogP contribution in [0.15, 0.2) is 0 Å². The van der Waals surface area contributed by atoms with Gasteiger partial charge in [0.15, 0.2) is 5.11 Å². The lowest BCUT2D eigenvalue weighted by molar-refractivity contribution is -0.128. The normalized spacial score (nSPS) is 17.9. The maximum atomic E-state index is 12.5. The second-order valence-electron chi connectivity index (χ2n) is 9.75. The molecule has 0 bridgehead atoms. The van der Waals surface area contributed by atoms with Gasteiger partial charge in [-0.05, 0) is 96.0 Å². The van der Waals surface area contributed by atoms with Gasteiger partial charge in [0.2, 0.25) is 0 Å². The van der Waals surface area contributed by atoms with Crippen LogP contribution in [-0.2, 0) is 4.79 Å². The standard InChI is InChI=1S/C23H40N4O2S4/c1-7-24-16-18(28)26(20(24)29)22(3,4)10-14-32-12-9-13-33-15-11-23(5,6)27-19(30)17-25(8-2)21(27)31/h7-17H2,1-6H3. The third kappa shape index (κ3) is 7.21. The van der Waals surface area contributed by atoms with Crippen molar-refractivity contribution in [3.8, 4) is 0 Å². The Labute approximate surface area is 219 Å². The molecule has 6 nitrogen and oxygen atoms in total. The second-order valence-corrected chi connectivity index (χ2v) is 13.0. The summed E-state index contributed by atoms with van der Waals surface area (Å²) >= 11 is 15.1. The molecular formula is C23H40N4O2S4. The average Bonchev–Trinajstić information content (AvgIpc) is 3.20. The highest BCUT2D eigenvalue weighted by atomic mass is 32.2. The number of thiocarbonyl (C=S) groups is 2. The van der Waals surface area contributed by atoms with Crippen molar-refractivity contribution in [3.63, 3.8) is 0 Å². The minimum Gasteiger partial charge on any atom is -0.342 e. The SMILES string of the molecule is CCN1CC(=O)N(C(C)(C)CCSCCCSCCC(C)(C)N2C(=S)CN(CC)C2=S)C1=O. The zero-order chi connectivity index (χ0) is 24.8. The highest BCUT2D eigenvalue weighted by Gasteiger charge is 2.43.